The van der Waals surface area contributed by atoms with Crippen LogP contribution in [0, 0.1) is 5.82 Å². The number of carbonyl (C=O) groups excluding carboxylic acids is 1. The molecule has 0 bridgehead atoms. The molecule has 9 heteroatoms. The van der Waals surface area contributed by atoms with Crippen LogP contribution in [0.5, 0.6) is 5.75 Å². The molecular weight excluding hydrogens is 481 g/mol. The van der Waals surface area contributed by atoms with Gasteiger partial charge in [-0.1, -0.05) is 41.9 Å². The average molecular weight is 500 g/mol. The molecule has 0 unspecified atom stereocenters. The molecule has 1 N–H and O–H groups in total. The Morgan fingerprint density at radius 3 is 2.53 bits per heavy atom. The van der Waals surface area contributed by atoms with Crippen LogP contribution in [0.2, 0.25) is 5.02 Å². The first kappa shape index (κ1) is 23.5. The monoisotopic (exact) mass is 499 g/mol. The van der Waals surface area contributed by atoms with Crippen LogP contribution in [0.3, 0.4) is 0 Å². The van der Waals surface area contributed by atoms with Crippen molar-refractivity contribution in [3.05, 3.63) is 113 Å². The van der Waals surface area contributed by atoms with Crippen molar-refractivity contribution >= 4 is 33.0 Å². The van der Waals surface area contributed by atoms with Gasteiger partial charge in [0.05, 0.1) is 21.9 Å². The minimum Gasteiger partial charge on any atom is -0.487 e. The van der Waals surface area contributed by atoms with Crippen LogP contribution in [0.4, 0.5) is 10.1 Å². The van der Waals surface area contributed by atoms with E-state index >= 15 is 0 Å². The molecule has 174 valence electrons. The third-order valence-corrected chi connectivity index (χ3v) is 6.85. The quantitative estimate of drug-likeness (QED) is 0.327. The Morgan fingerprint density at radius 1 is 1.00 bits per heavy atom. The van der Waals surface area contributed by atoms with Gasteiger partial charge in [0.1, 0.15) is 18.2 Å². The van der Waals surface area contributed by atoms with E-state index in [1.807, 2.05) is 0 Å². The number of halogens is 2. The van der Waals surface area contributed by atoms with E-state index in [1.54, 1.807) is 42.5 Å². The standard InChI is InChI=1S/C25H19ClFNO5S/c26-22-14-20(9-10-23(22)33-15-17-5-4-6-19(27)13-17)28-25(29)24-18(11-12-32-24)16-34(30,31)21-7-2-1-3-8-21/h1-14H,15-16H2,(H,28,29). The van der Waals surface area contributed by atoms with Gasteiger partial charge in [-0.05, 0) is 54.1 Å². The first-order valence-corrected chi connectivity index (χ1v) is 12.2. The summed E-state index contributed by atoms with van der Waals surface area (Å²) in [6, 6.07) is 20.1. The number of nitrogens with one attached hydrogen (secondary N) is 1. The third kappa shape index (κ3) is 5.65. The second-order valence-corrected chi connectivity index (χ2v) is 9.76. The Bertz CT molecular complexity index is 1420. The van der Waals surface area contributed by atoms with E-state index in [1.165, 1.54) is 42.7 Å². The lowest BCUT2D eigenvalue weighted by Crippen LogP contribution is -2.14. The number of ether oxygens (including phenoxy) is 1. The summed E-state index contributed by atoms with van der Waals surface area (Å²) in [5.74, 6) is -1.12. The van der Waals surface area contributed by atoms with Crippen molar-refractivity contribution in [2.24, 2.45) is 0 Å². The van der Waals surface area contributed by atoms with E-state index in [4.69, 9.17) is 20.8 Å². The van der Waals surface area contributed by atoms with Gasteiger partial charge < -0.3 is 14.5 Å². The predicted molar refractivity (Wildman–Crippen MR) is 126 cm³/mol. The van der Waals surface area contributed by atoms with Gasteiger partial charge in [-0.2, -0.15) is 0 Å². The van der Waals surface area contributed by atoms with Crippen LogP contribution < -0.4 is 10.1 Å². The van der Waals surface area contributed by atoms with Crippen LogP contribution >= 0.6 is 11.6 Å². The largest absolute Gasteiger partial charge is 0.487 e. The van der Waals surface area contributed by atoms with E-state index < -0.39 is 15.7 Å². The lowest BCUT2D eigenvalue weighted by atomic mass is 10.2. The summed E-state index contributed by atoms with van der Waals surface area (Å²) in [7, 11) is -3.66. The zero-order chi connectivity index (χ0) is 24.1. The maximum absolute atomic E-state index is 13.3. The SMILES string of the molecule is O=C(Nc1ccc(OCc2cccc(F)c2)c(Cl)c1)c1occc1CS(=O)(=O)c1ccccc1. The van der Waals surface area contributed by atoms with E-state index in [2.05, 4.69) is 5.32 Å². The highest BCUT2D eigenvalue weighted by Crippen LogP contribution is 2.29. The smallest absolute Gasteiger partial charge is 0.291 e. The molecule has 0 aliphatic rings. The molecule has 3 aromatic carbocycles. The first-order chi connectivity index (χ1) is 16.3. The zero-order valence-corrected chi connectivity index (χ0v) is 19.3. The fourth-order valence-corrected chi connectivity index (χ4v) is 4.85. The molecule has 0 saturated heterocycles. The molecule has 0 saturated carbocycles. The molecule has 0 atom stereocenters. The molecule has 6 nitrogen and oxygen atoms in total. The summed E-state index contributed by atoms with van der Waals surface area (Å²) in [4.78, 5) is 12.9. The van der Waals surface area contributed by atoms with Crippen molar-refractivity contribution in [1.29, 1.82) is 0 Å². The number of furan rings is 1. The molecule has 1 aromatic heterocycles. The van der Waals surface area contributed by atoms with Crippen molar-refractivity contribution in [3.8, 4) is 5.75 Å². The molecule has 0 fully saturated rings. The van der Waals surface area contributed by atoms with Crippen molar-refractivity contribution in [2.75, 3.05) is 5.32 Å². The predicted octanol–water partition coefficient (Wildman–Crippen LogP) is 5.88. The van der Waals surface area contributed by atoms with Crippen LogP contribution in [-0.2, 0) is 22.2 Å². The number of carbonyl (C=O) groups is 1. The fraction of sp³-hybridized carbons (Fsp3) is 0.0800. The van der Waals surface area contributed by atoms with Crippen molar-refractivity contribution in [3.63, 3.8) is 0 Å². The summed E-state index contributed by atoms with van der Waals surface area (Å²) in [6.07, 6.45) is 1.26. The topological polar surface area (TPSA) is 85.6 Å². The van der Waals surface area contributed by atoms with E-state index in [0.717, 1.165) is 0 Å². The van der Waals surface area contributed by atoms with Crippen molar-refractivity contribution in [1.82, 2.24) is 0 Å². The summed E-state index contributed by atoms with van der Waals surface area (Å²) in [5.41, 5.74) is 1.24. The van der Waals surface area contributed by atoms with Crippen LogP contribution in [0.1, 0.15) is 21.7 Å². The number of benzene rings is 3. The van der Waals surface area contributed by atoms with E-state index in [0.29, 0.717) is 17.0 Å². The zero-order valence-electron chi connectivity index (χ0n) is 17.7. The number of rotatable bonds is 8. The maximum Gasteiger partial charge on any atom is 0.291 e. The van der Waals surface area contributed by atoms with Crippen LogP contribution in [0.25, 0.3) is 0 Å². The molecule has 0 radical (unpaired) electrons. The number of amides is 1. The highest BCUT2D eigenvalue weighted by Gasteiger charge is 2.22. The van der Waals surface area contributed by atoms with Gasteiger partial charge in [0.25, 0.3) is 5.91 Å². The fourth-order valence-electron chi connectivity index (χ4n) is 3.24. The van der Waals surface area contributed by atoms with Gasteiger partial charge in [0, 0.05) is 11.3 Å². The summed E-state index contributed by atoms with van der Waals surface area (Å²) in [5, 5.41) is 2.88. The summed E-state index contributed by atoms with van der Waals surface area (Å²) >= 11 is 6.27. The van der Waals surface area contributed by atoms with Crippen molar-refractivity contribution < 1.29 is 26.8 Å². The average Bonchev–Trinajstić information content (AvgIpc) is 3.27. The number of hydrogen-bond donors (Lipinski definition) is 1. The summed E-state index contributed by atoms with van der Waals surface area (Å²) < 4.78 is 49.5. The van der Waals surface area contributed by atoms with Gasteiger partial charge in [0.15, 0.2) is 15.6 Å². The Balaban J connectivity index is 1.43. The molecule has 0 aliphatic carbocycles. The van der Waals surface area contributed by atoms with Gasteiger partial charge in [-0.15, -0.1) is 0 Å². The molecule has 4 rings (SSSR count). The molecule has 1 amide bonds. The number of anilines is 1. The lowest BCUT2D eigenvalue weighted by Gasteiger charge is -2.11. The Morgan fingerprint density at radius 2 is 1.79 bits per heavy atom. The van der Waals surface area contributed by atoms with Crippen LogP contribution in [0.15, 0.2) is 94.4 Å². The lowest BCUT2D eigenvalue weighted by molar-refractivity contribution is 0.0995. The Hall–Kier alpha value is -3.62. The molecule has 4 aromatic rings. The first-order valence-electron chi connectivity index (χ1n) is 10.1. The highest BCUT2D eigenvalue weighted by atomic mass is 35.5. The van der Waals surface area contributed by atoms with Gasteiger partial charge in [-0.25, -0.2) is 12.8 Å². The summed E-state index contributed by atoms with van der Waals surface area (Å²) in [6.45, 7) is 0.120. The molecule has 1 heterocycles. The highest BCUT2D eigenvalue weighted by molar-refractivity contribution is 7.90. The van der Waals surface area contributed by atoms with Crippen LogP contribution in [-0.4, -0.2) is 14.3 Å². The normalized spacial score (nSPS) is 11.2. The van der Waals surface area contributed by atoms with Gasteiger partial charge in [0.2, 0.25) is 0 Å². The minimum atomic E-state index is -3.66. The Kier molecular flexibility index (Phi) is 7.00. The van der Waals surface area contributed by atoms with E-state index in [-0.39, 0.29) is 39.4 Å². The second-order valence-electron chi connectivity index (χ2n) is 7.37. The minimum absolute atomic E-state index is 0.109. The molecule has 34 heavy (non-hydrogen) atoms. The second kappa shape index (κ2) is 10.1. The third-order valence-electron chi connectivity index (χ3n) is 4.87. The molecule has 0 aliphatic heterocycles. The molecular formula is C25H19ClFNO5S. The molecule has 0 spiro atoms. The van der Waals surface area contributed by atoms with Crippen molar-refractivity contribution in [2.45, 2.75) is 17.3 Å². The van der Waals surface area contributed by atoms with Gasteiger partial charge >= 0.3 is 0 Å². The maximum atomic E-state index is 13.3. The van der Waals surface area contributed by atoms with Gasteiger partial charge in [-0.3, -0.25) is 4.79 Å². The number of hydrogen-bond acceptors (Lipinski definition) is 5. The number of sulfone groups is 1. The van der Waals surface area contributed by atoms with E-state index in [9.17, 15) is 17.6 Å². The Labute approximate surface area is 200 Å².